The number of hydrogen-bond donors (Lipinski definition) is 0. The summed E-state index contributed by atoms with van der Waals surface area (Å²) in [4.78, 5) is 0. The minimum absolute atomic E-state index is 0.296. The van der Waals surface area contributed by atoms with Crippen molar-refractivity contribution in [3.8, 4) is 0 Å². The van der Waals surface area contributed by atoms with Crippen LogP contribution in [-0.4, -0.2) is 21.0 Å². The lowest BCUT2D eigenvalue weighted by Gasteiger charge is -2.02. The van der Waals surface area contributed by atoms with E-state index in [1.807, 2.05) is 60.7 Å². The number of benzene rings is 2. The summed E-state index contributed by atoms with van der Waals surface area (Å²) in [5, 5.41) is 0. The Bertz CT molecular complexity index is 752. The Morgan fingerprint density at radius 1 is 0.852 bits per heavy atom. The third-order valence-electron chi connectivity index (χ3n) is 2.86. The van der Waals surface area contributed by atoms with Crippen LogP contribution in [0.5, 0.6) is 0 Å². The van der Waals surface area contributed by atoms with E-state index in [2.05, 4.69) is 4.18 Å². The van der Waals surface area contributed by atoms with Crippen molar-refractivity contribution in [3.63, 3.8) is 0 Å². The summed E-state index contributed by atoms with van der Waals surface area (Å²) < 4.78 is 77.6. The van der Waals surface area contributed by atoms with E-state index < -0.39 is 23.9 Å². The van der Waals surface area contributed by atoms with E-state index in [4.69, 9.17) is 9.05 Å². The van der Waals surface area contributed by atoms with Gasteiger partial charge in [-0.2, -0.15) is 21.6 Å². The van der Waals surface area contributed by atoms with Crippen LogP contribution in [0.1, 0.15) is 11.1 Å². The van der Waals surface area contributed by atoms with Crippen molar-refractivity contribution in [2.75, 3.05) is 7.11 Å². The fourth-order valence-corrected chi connectivity index (χ4v) is 2.31. The van der Waals surface area contributed by atoms with E-state index in [0.717, 1.165) is 11.1 Å². The summed E-state index contributed by atoms with van der Waals surface area (Å²) in [6.07, 6.45) is 0. The molecule has 0 bridgehead atoms. The fraction of sp³-hybridized carbons (Fsp3) is 0.250. The predicted molar refractivity (Wildman–Crippen MR) is 92.1 cm³/mol. The molecule has 148 valence electrons. The molecule has 6 nitrogen and oxygen atoms in total. The molecule has 2 rings (SSSR count). The zero-order valence-electron chi connectivity index (χ0n) is 14.1. The first kappa shape index (κ1) is 23.2. The Morgan fingerprint density at radius 2 is 1.22 bits per heavy atom. The van der Waals surface area contributed by atoms with E-state index in [0.29, 0.717) is 20.3 Å². The normalized spacial score (nSPS) is 11.4. The first-order chi connectivity index (χ1) is 12.7. The Hall–Kier alpha value is -1.84. The molecule has 2 aromatic rings. The summed E-state index contributed by atoms with van der Waals surface area (Å²) >= 11 is 0. The second-order valence-corrected chi connectivity index (χ2v) is 7.48. The lowest BCUT2D eigenvalue weighted by atomic mass is 10.2. The highest BCUT2D eigenvalue weighted by atomic mass is 32.2. The van der Waals surface area contributed by atoms with Crippen LogP contribution in [0, 0.1) is 0 Å². The zero-order chi connectivity index (χ0) is 20.3. The lowest BCUT2D eigenvalue weighted by Crippen LogP contribution is -2.23. The van der Waals surface area contributed by atoms with Gasteiger partial charge >= 0.3 is 23.9 Å². The molecule has 0 saturated heterocycles. The van der Waals surface area contributed by atoms with Gasteiger partial charge in [-0.3, -0.25) is 4.18 Å². The molecule has 0 radical (unpaired) electrons. The molecule has 0 aliphatic rings. The first-order valence-corrected chi connectivity index (χ1v) is 9.84. The first-order valence-electron chi connectivity index (χ1n) is 7.33. The summed E-state index contributed by atoms with van der Waals surface area (Å²) in [5.41, 5.74) is -3.35. The van der Waals surface area contributed by atoms with Gasteiger partial charge < -0.3 is 0 Å². The summed E-state index contributed by atoms with van der Waals surface area (Å²) in [7, 11) is -6.97. The van der Waals surface area contributed by atoms with E-state index in [1.165, 1.54) is 0 Å². The molecule has 27 heavy (non-hydrogen) atoms. The van der Waals surface area contributed by atoms with E-state index in [-0.39, 0.29) is 0 Å². The Morgan fingerprint density at radius 3 is 1.48 bits per heavy atom. The molecule has 0 fully saturated rings. The number of alkyl halides is 3. The Balaban J connectivity index is 0.000000345. The van der Waals surface area contributed by atoms with E-state index in [9.17, 15) is 26.2 Å². The molecular formula is C16H17F3O6PS+. The number of halogens is 3. The van der Waals surface area contributed by atoms with Gasteiger partial charge in [0.25, 0.3) is 0 Å². The van der Waals surface area contributed by atoms with Crippen molar-refractivity contribution in [3.05, 3.63) is 71.8 Å². The molecule has 11 heteroatoms. The summed E-state index contributed by atoms with van der Waals surface area (Å²) in [6.45, 7) is 0.593. The molecule has 0 N–H and O–H groups in total. The van der Waals surface area contributed by atoms with Crippen molar-refractivity contribution in [2.24, 2.45) is 0 Å². The molecular weight excluding hydrogens is 408 g/mol. The smallest absolute Gasteiger partial charge is 0.267 e. The van der Waals surface area contributed by atoms with Crippen molar-refractivity contribution in [1.82, 2.24) is 0 Å². The van der Waals surface area contributed by atoms with Crippen molar-refractivity contribution in [1.29, 1.82) is 0 Å². The maximum atomic E-state index is 11.5. The zero-order valence-corrected chi connectivity index (χ0v) is 15.8. The second kappa shape index (κ2) is 11.1. The monoisotopic (exact) mass is 425 g/mol. The maximum absolute atomic E-state index is 11.5. The second-order valence-electron chi connectivity index (χ2n) is 4.81. The highest BCUT2D eigenvalue weighted by Crippen LogP contribution is 2.27. The molecule has 0 atom stereocenters. The highest BCUT2D eigenvalue weighted by Gasteiger charge is 2.46. The molecule has 0 aromatic heterocycles. The molecule has 0 heterocycles. The number of rotatable bonds is 7. The summed E-state index contributed by atoms with van der Waals surface area (Å²) in [5.74, 6) is 0. The van der Waals surface area contributed by atoms with Crippen LogP contribution in [0.3, 0.4) is 0 Å². The van der Waals surface area contributed by atoms with Crippen molar-refractivity contribution >= 4 is 18.4 Å². The molecule has 0 unspecified atom stereocenters. The molecule has 0 spiro atoms. The predicted octanol–water partition coefficient (Wildman–Crippen LogP) is 4.56. The van der Waals surface area contributed by atoms with Gasteiger partial charge in [0.2, 0.25) is 0 Å². The van der Waals surface area contributed by atoms with Gasteiger partial charge in [0.05, 0.1) is 7.11 Å². The van der Waals surface area contributed by atoms with E-state index in [1.54, 1.807) is 0 Å². The van der Waals surface area contributed by atoms with Crippen molar-refractivity contribution in [2.45, 2.75) is 18.7 Å². The van der Waals surface area contributed by atoms with E-state index >= 15 is 0 Å². The Kier molecular flexibility index (Phi) is 9.54. The largest absolute Gasteiger partial charge is 0.698 e. The van der Waals surface area contributed by atoms with Crippen LogP contribution < -0.4 is 0 Å². The SMILES string of the molecule is COS(=O)(=O)C(F)(F)F.O=[P+](OCc1ccccc1)OCc1ccccc1. The average Bonchev–Trinajstić information content (AvgIpc) is 2.66. The van der Waals surface area contributed by atoms with Crippen LogP contribution in [-0.2, 0) is 41.1 Å². The molecule has 0 amide bonds. The van der Waals surface area contributed by atoms with Gasteiger partial charge in [0.15, 0.2) is 0 Å². The highest BCUT2D eigenvalue weighted by molar-refractivity contribution is 7.87. The van der Waals surface area contributed by atoms with Crippen LogP contribution in [0.4, 0.5) is 13.2 Å². The van der Waals surface area contributed by atoms with Crippen LogP contribution in [0.25, 0.3) is 0 Å². The van der Waals surface area contributed by atoms with Gasteiger partial charge in [-0.05, 0) is 11.1 Å². The van der Waals surface area contributed by atoms with Crippen LogP contribution >= 0.6 is 8.25 Å². The molecule has 2 aromatic carbocycles. The standard InChI is InChI=1S/C14H14O3P.C2H3F3O3S/c15-18(16-11-13-7-3-1-4-8-13)17-12-14-9-5-2-6-10-14;1-8-9(6,7)2(3,4)5/h1-10H,11-12H2;1H3/q+1;. The van der Waals surface area contributed by atoms with Crippen molar-refractivity contribution < 1.29 is 39.4 Å². The third-order valence-corrected chi connectivity index (χ3v) is 4.55. The minimum atomic E-state index is -5.34. The third kappa shape index (κ3) is 9.07. The topological polar surface area (TPSA) is 78.9 Å². The van der Waals surface area contributed by atoms with Gasteiger partial charge in [0, 0.05) is 4.57 Å². The van der Waals surface area contributed by atoms with Gasteiger partial charge in [-0.15, -0.1) is 9.05 Å². The van der Waals surface area contributed by atoms with Gasteiger partial charge in [-0.1, -0.05) is 60.7 Å². The molecule has 0 aliphatic carbocycles. The molecule has 0 aliphatic heterocycles. The van der Waals surface area contributed by atoms with Crippen LogP contribution in [0.15, 0.2) is 60.7 Å². The Labute approximate surface area is 156 Å². The molecule has 0 saturated carbocycles. The summed E-state index contributed by atoms with van der Waals surface area (Å²) in [6, 6.07) is 19.2. The lowest BCUT2D eigenvalue weighted by molar-refractivity contribution is -0.0526. The number of hydrogen-bond acceptors (Lipinski definition) is 6. The minimum Gasteiger partial charge on any atom is -0.267 e. The maximum Gasteiger partial charge on any atom is 0.698 e. The quantitative estimate of drug-likeness (QED) is 0.368. The van der Waals surface area contributed by atoms with Gasteiger partial charge in [0.1, 0.15) is 13.2 Å². The van der Waals surface area contributed by atoms with Crippen LogP contribution in [0.2, 0.25) is 0 Å². The van der Waals surface area contributed by atoms with Gasteiger partial charge in [-0.25, -0.2) is 0 Å². The fourth-order valence-electron chi connectivity index (χ4n) is 1.53. The average molecular weight is 425 g/mol.